The number of nitrogens with zero attached hydrogens (tertiary/aromatic N) is 4. The standard InChI is InChI=1S/C23H24ClN5O2/c1-2-31-19-8-6-18(7-9-19)27-22-20(4-3-11-25-22)23(30)29-14-12-28(13-15-29)21-10-5-17(24)16-26-21/h3-11,16H,2,12-15H2,1H3,(H,25,27). The summed E-state index contributed by atoms with van der Waals surface area (Å²) in [7, 11) is 0. The van der Waals surface area contributed by atoms with Crippen molar-refractivity contribution in [1.82, 2.24) is 14.9 Å². The molecule has 8 heteroatoms. The van der Waals surface area contributed by atoms with Crippen LogP contribution in [0, 0.1) is 0 Å². The molecule has 0 saturated carbocycles. The number of carbonyl (C=O) groups excluding carboxylic acids is 1. The van der Waals surface area contributed by atoms with E-state index in [0.29, 0.717) is 49.2 Å². The average molecular weight is 438 g/mol. The van der Waals surface area contributed by atoms with Gasteiger partial charge < -0.3 is 19.9 Å². The molecule has 0 atom stereocenters. The summed E-state index contributed by atoms with van der Waals surface area (Å²) in [5, 5.41) is 3.87. The van der Waals surface area contributed by atoms with Crippen molar-refractivity contribution in [3.63, 3.8) is 0 Å². The lowest BCUT2D eigenvalue weighted by Gasteiger charge is -2.35. The molecule has 1 saturated heterocycles. The predicted molar refractivity (Wildman–Crippen MR) is 122 cm³/mol. The highest BCUT2D eigenvalue weighted by Gasteiger charge is 2.25. The molecule has 1 fully saturated rings. The zero-order valence-corrected chi connectivity index (χ0v) is 18.0. The number of rotatable bonds is 6. The zero-order valence-electron chi connectivity index (χ0n) is 17.3. The monoisotopic (exact) mass is 437 g/mol. The maximum absolute atomic E-state index is 13.2. The number of aromatic nitrogens is 2. The van der Waals surface area contributed by atoms with Gasteiger partial charge >= 0.3 is 0 Å². The fourth-order valence-electron chi connectivity index (χ4n) is 3.48. The quantitative estimate of drug-likeness (QED) is 0.622. The summed E-state index contributed by atoms with van der Waals surface area (Å²) in [5.74, 6) is 2.18. The molecular weight excluding hydrogens is 414 g/mol. The smallest absolute Gasteiger partial charge is 0.257 e. The maximum atomic E-state index is 13.2. The van der Waals surface area contributed by atoms with Crippen LogP contribution >= 0.6 is 11.6 Å². The number of benzene rings is 1. The van der Waals surface area contributed by atoms with E-state index in [4.69, 9.17) is 16.3 Å². The topological polar surface area (TPSA) is 70.6 Å². The molecule has 0 bridgehead atoms. The van der Waals surface area contributed by atoms with E-state index in [2.05, 4.69) is 20.2 Å². The number of halogens is 1. The Balaban J connectivity index is 1.43. The van der Waals surface area contributed by atoms with Crippen molar-refractivity contribution in [1.29, 1.82) is 0 Å². The van der Waals surface area contributed by atoms with Crippen molar-refractivity contribution in [2.24, 2.45) is 0 Å². The SMILES string of the molecule is CCOc1ccc(Nc2ncccc2C(=O)N2CCN(c3ccc(Cl)cn3)CC2)cc1. The van der Waals surface area contributed by atoms with Crippen molar-refractivity contribution in [3.8, 4) is 5.75 Å². The Morgan fingerprint density at radius 3 is 2.52 bits per heavy atom. The van der Waals surface area contributed by atoms with E-state index in [-0.39, 0.29) is 5.91 Å². The number of nitrogens with one attached hydrogen (secondary N) is 1. The molecule has 1 N–H and O–H groups in total. The molecule has 0 radical (unpaired) electrons. The maximum Gasteiger partial charge on any atom is 0.257 e. The Kier molecular flexibility index (Phi) is 6.52. The van der Waals surface area contributed by atoms with Crippen molar-refractivity contribution in [3.05, 3.63) is 71.5 Å². The highest BCUT2D eigenvalue weighted by Crippen LogP contribution is 2.23. The average Bonchev–Trinajstić information content (AvgIpc) is 2.81. The van der Waals surface area contributed by atoms with Gasteiger partial charge in [-0.15, -0.1) is 0 Å². The number of hydrogen-bond acceptors (Lipinski definition) is 6. The van der Waals surface area contributed by atoms with Crippen LogP contribution in [-0.4, -0.2) is 53.6 Å². The van der Waals surface area contributed by atoms with E-state index < -0.39 is 0 Å². The lowest BCUT2D eigenvalue weighted by molar-refractivity contribution is 0.0747. The molecule has 0 spiro atoms. The van der Waals surface area contributed by atoms with Gasteiger partial charge in [0, 0.05) is 44.3 Å². The van der Waals surface area contributed by atoms with Gasteiger partial charge in [0.15, 0.2) is 0 Å². The second kappa shape index (κ2) is 9.66. The molecule has 2 aromatic heterocycles. The number of ether oxygens (including phenoxy) is 1. The van der Waals surface area contributed by atoms with Crippen molar-refractivity contribution in [2.75, 3.05) is 43.0 Å². The third-order valence-electron chi connectivity index (χ3n) is 5.07. The van der Waals surface area contributed by atoms with Crippen LogP contribution in [0.2, 0.25) is 5.02 Å². The van der Waals surface area contributed by atoms with Crippen LogP contribution in [0.1, 0.15) is 17.3 Å². The summed E-state index contributed by atoms with van der Waals surface area (Å²) in [5.41, 5.74) is 1.39. The second-order valence-corrected chi connectivity index (χ2v) is 7.53. The van der Waals surface area contributed by atoms with E-state index in [1.165, 1.54) is 0 Å². The van der Waals surface area contributed by atoms with Crippen LogP contribution in [0.4, 0.5) is 17.3 Å². The van der Waals surface area contributed by atoms with E-state index >= 15 is 0 Å². The van der Waals surface area contributed by atoms with E-state index in [9.17, 15) is 4.79 Å². The van der Waals surface area contributed by atoms with Crippen LogP contribution in [0.15, 0.2) is 60.9 Å². The molecule has 3 heterocycles. The van der Waals surface area contributed by atoms with Gasteiger partial charge in [-0.3, -0.25) is 4.79 Å². The number of hydrogen-bond donors (Lipinski definition) is 1. The van der Waals surface area contributed by atoms with Crippen LogP contribution in [0.5, 0.6) is 5.75 Å². The minimum absolute atomic E-state index is 0.0368. The van der Waals surface area contributed by atoms with Crippen LogP contribution in [-0.2, 0) is 0 Å². The van der Waals surface area contributed by atoms with Gasteiger partial charge in [-0.25, -0.2) is 9.97 Å². The molecule has 1 amide bonds. The van der Waals surface area contributed by atoms with Gasteiger partial charge in [-0.05, 0) is 55.5 Å². The summed E-state index contributed by atoms with van der Waals surface area (Å²) < 4.78 is 5.48. The first-order chi connectivity index (χ1) is 15.1. The number of piperazine rings is 1. The Morgan fingerprint density at radius 1 is 1.06 bits per heavy atom. The Hall–Kier alpha value is -3.32. The Bertz CT molecular complexity index is 1020. The Labute approximate surface area is 186 Å². The number of anilines is 3. The van der Waals surface area contributed by atoms with Gasteiger partial charge in [0.1, 0.15) is 17.4 Å². The first-order valence-electron chi connectivity index (χ1n) is 10.2. The van der Waals surface area contributed by atoms with Gasteiger partial charge in [-0.2, -0.15) is 0 Å². The van der Waals surface area contributed by atoms with Gasteiger partial charge in [-0.1, -0.05) is 11.6 Å². The number of carbonyl (C=O) groups is 1. The number of pyridine rings is 2. The zero-order chi connectivity index (χ0) is 21.6. The highest BCUT2D eigenvalue weighted by atomic mass is 35.5. The third kappa shape index (κ3) is 5.06. The first-order valence-corrected chi connectivity index (χ1v) is 10.6. The molecule has 0 unspecified atom stereocenters. The fraction of sp³-hybridized carbons (Fsp3) is 0.261. The van der Waals surface area contributed by atoms with Crippen LogP contribution < -0.4 is 15.0 Å². The van der Waals surface area contributed by atoms with Crippen molar-refractivity contribution < 1.29 is 9.53 Å². The van der Waals surface area contributed by atoms with Gasteiger partial charge in [0.05, 0.1) is 17.2 Å². The first kappa shape index (κ1) is 20.9. The van der Waals surface area contributed by atoms with Crippen molar-refractivity contribution >= 4 is 34.8 Å². The minimum Gasteiger partial charge on any atom is -0.494 e. The molecule has 0 aliphatic carbocycles. The van der Waals surface area contributed by atoms with Crippen LogP contribution in [0.25, 0.3) is 0 Å². The predicted octanol–water partition coefficient (Wildman–Crippen LogP) is 4.23. The lowest BCUT2D eigenvalue weighted by Crippen LogP contribution is -2.49. The molecular formula is C23H24ClN5O2. The van der Waals surface area contributed by atoms with Gasteiger partial charge in [0.2, 0.25) is 0 Å². The molecule has 1 aliphatic heterocycles. The molecule has 31 heavy (non-hydrogen) atoms. The summed E-state index contributed by atoms with van der Waals surface area (Å²) in [6, 6.07) is 14.9. The second-order valence-electron chi connectivity index (χ2n) is 7.10. The molecule has 3 aromatic rings. The highest BCUT2D eigenvalue weighted by molar-refractivity contribution is 6.30. The summed E-state index contributed by atoms with van der Waals surface area (Å²) in [4.78, 5) is 26.0. The molecule has 4 rings (SSSR count). The molecule has 7 nitrogen and oxygen atoms in total. The largest absolute Gasteiger partial charge is 0.494 e. The molecule has 1 aliphatic rings. The Morgan fingerprint density at radius 2 is 1.84 bits per heavy atom. The van der Waals surface area contributed by atoms with Crippen LogP contribution in [0.3, 0.4) is 0 Å². The normalized spacial score (nSPS) is 13.7. The summed E-state index contributed by atoms with van der Waals surface area (Å²) >= 11 is 5.93. The van der Waals surface area contributed by atoms with Crippen molar-refractivity contribution in [2.45, 2.75) is 6.92 Å². The third-order valence-corrected chi connectivity index (χ3v) is 5.29. The fourth-order valence-corrected chi connectivity index (χ4v) is 3.59. The van der Waals surface area contributed by atoms with Gasteiger partial charge in [0.25, 0.3) is 5.91 Å². The molecule has 160 valence electrons. The lowest BCUT2D eigenvalue weighted by atomic mass is 10.2. The molecule has 1 aromatic carbocycles. The number of amides is 1. The minimum atomic E-state index is -0.0368. The summed E-state index contributed by atoms with van der Waals surface area (Å²) in [6.07, 6.45) is 3.32. The summed E-state index contributed by atoms with van der Waals surface area (Å²) in [6.45, 7) is 5.21. The van der Waals surface area contributed by atoms with E-state index in [0.717, 1.165) is 17.3 Å². The van der Waals surface area contributed by atoms with E-state index in [1.54, 1.807) is 24.5 Å². The van der Waals surface area contributed by atoms with E-state index in [1.807, 2.05) is 48.2 Å².